The fourth-order valence-corrected chi connectivity index (χ4v) is 7.34. The van der Waals surface area contributed by atoms with Crippen LogP contribution in [0.2, 0.25) is 0 Å². The number of aliphatic imine (C=N–C) groups is 1. The fourth-order valence-electron chi connectivity index (χ4n) is 3.68. The molecule has 1 saturated heterocycles. The maximum absolute atomic E-state index is 12.7. The summed E-state index contributed by atoms with van der Waals surface area (Å²) in [6.07, 6.45) is 0. The molecule has 0 bridgehead atoms. The highest BCUT2D eigenvalue weighted by Gasteiger charge is 2.42. The summed E-state index contributed by atoms with van der Waals surface area (Å²) < 4.78 is 23.5. The largest absolute Gasteiger partial charge is 0.351 e. The Bertz CT molecular complexity index is 1080. The van der Waals surface area contributed by atoms with Crippen molar-refractivity contribution in [3.05, 3.63) is 65.2 Å². The van der Waals surface area contributed by atoms with E-state index in [-0.39, 0.29) is 34.6 Å². The second kappa shape index (κ2) is 8.43. The third kappa shape index (κ3) is 4.70. The molecule has 2 N–H and O–H groups in total. The summed E-state index contributed by atoms with van der Waals surface area (Å²) in [5.74, 6) is 0.400. The van der Waals surface area contributed by atoms with Crippen LogP contribution in [0.1, 0.15) is 34.3 Å². The highest BCUT2D eigenvalue weighted by molar-refractivity contribution is 8.15. The molecule has 3 atom stereocenters. The maximum atomic E-state index is 12.7. The van der Waals surface area contributed by atoms with Crippen molar-refractivity contribution < 1.29 is 13.2 Å². The van der Waals surface area contributed by atoms with Gasteiger partial charge in [-0.05, 0) is 36.1 Å². The lowest BCUT2D eigenvalue weighted by Crippen LogP contribution is -2.27. The van der Waals surface area contributed by atoms with Gasteiger partial charge in [0.05, 0.1) is 17.5 Å². The van der Waals surface area contributed by atoms with E-state index in [1.54, 1.807) is 0 Å². The van der Waals surface area contributed by atoms with Crippen LogP contribution in [0.4, 0.5) is 5.69 Å². The lowest BCUT2D eigenvalue weighted by Gasteiger charge is -2.15. The van der Waals surface area contributed by atoms with Crippen LogP contribution in [0, 0.1) is 6.92 Å². The number of aryl methyl sites for hydroxylation is 1. The van der Waals surface area contributed by atoms with E-state index in [0.717, 1.165) is 16.4 Å². The van der Waals surface area contributed by atoms with Crippen LogP contribution in [0.5, 0.6) is 0 Å². The number of rotatable bonds is 5. The van der Waals surface area contributed by atoms with E-state index in [0.29, 0.717) is 12.1 Å². The van der Waals surface area contributed by atoms with Crippen molar-refractivity contribution >= 4 is 38.4 Å². The fraction of sp³-hybridized carbons (Fsp3) is 0.364. The molecule has 1 fully saturated rings. The summed E-state index contributed by atoms with van der Waals surface area (Å²) >= 11 is 1.47. The molecular formula is C22H25N3O3S2. The van der Waals surface area contributed by atoms with Crippen LogP contribution < -0.4 is 10.6 Å². The molecule has 0 unspecified atom stereocenters. The number of anilines is 1. The van der Waals surface area contributed by atoms with Gasteiger partial charge in [0, 0.05) is 23.0 Å². The van der Waals surface area contributed by atoms with E-state index in [1.807, 2.05) is 43.3 Å². The molecular weight excluding hydrogens is 418 g/mol. The average Bonchev–Trinajstić information content (AvgIpc) is 3.20. The maximum Gasteiger partial charge on any atom is 0.251 e. The molecule has 0 saturated carbocycles. The summed E-state index contributed by atoms with van der Waals surface area (Å²) in [5, 5.41) is 7.01. The number of nitrogens with one attached hydrogen (secondary N) is 2. The zero-order chi connectivity index (χ0) is 21.3. The normalized spacial score (nSPS) is 22.8. The first-order valence-electron chi connectivity index (χ1n) is 9.96. The monoisotopic (exact) mass is 443 g/mol. The van der Waals surface area contributed by atoms with Crippen LogP contribution in [-0.4, -0.2) is 48.8 Å². The molecule has 2 aromatic carbocycles. The summed E-state index contributed by atoms with van der Waals surface area (Å²) in [5.41, 5.74) is 3.58. The van der Waals surface area contributed by atoms with Crippen LogP contribution in [0.3, 0.4) is 0 Å². The Morgan fingerprint density at radius 3 is 2.70 bits per heavy atom. The van der Waals surface area contributed by atoms with Gasteiger partial charge < -0.3 is 10.6 Å². The zero-order valence-electron chi connectivity index (χ0n) is 17.0. The van der Waals surface area contributed by atoms with Crippen molar-refractivity contribution in [1.82, 2.24) is 5.32 Å². The average molecular weight is 444 g/mol. The van der Waals surface area contributed by atoms with Crippen LogP contribution >= 0.6 is 11.8 Å². The summed E-state index contributed by atoms with van der Waals surface area (Å²) in [6, 6.07) is 15.5. The van der Waals surface area contributed by atoms with E-state index >= 15 is 0 Å². The van der Waals surface area contributed by atoms with E-state index in [4.69, 9.17) is 0 Å². The van der Waals surface area contributed by atoms with Crippen molar-refractivity contribution in [2.75, 3.05) is 23.4 Å². The second-order valence-corrected chi connectivity index (χ2v) is 11.3. The van der Waals surface area contributed by atoms with Gasteiger partial charge in [-0.1, -0.05) is 55.1 Å². The molecule has 158 valence electrons. The lowest BCUT2D eigenvalue weighted by molar-refractivity contribution is 0.0951. The number of benzene rings is 2. The minimum atomic E-state index is -2.97. The quantitative estimate of drug-likeness (QED) is 0.741. The summed E-state index contributed by atoms with van der Waals surface area (Å²) in [6.45, 7) is 4.61. The van der Waals surface area contributed by atoms with E-state index < -0.39 is 9.84 Å². The molecule has 2 heterocycles. The van der Waals surface area contributed by atoms with Gasteiger partial charge >= 0.3 is 0 Å². The Morgan fingerprint density at radius 2 is 1.97 bits per heavy atom. The van der Waals surface area contributed by atoms with Crippen LogP contribution in [0.15, 0.2) is 53.5 Å². The Labute approximate surface area is 181 Å². The highest BCUT2D eigenvalue weighted by Crippen LogP contribution is 2.35. The molecule has 4 rings (SSSR count). The van der Waals surface area contributed by atoms with Gasteiger partial charge in [-0.3, -0.25) is 9.79 Å². The van der Waals surface area contributed by atoms with Crippen LogP contribution in [0.25, 0.3) is 0 Å². The van der Waals surface area contributed by atoms with Crippen molar-refractivity contribution in [2.24, 2.45) is 4.99 Å². The molecule has 1 amide bonds. The molecule has 2 aliphatic rings. The smallest absolute Gasteiger partial charge is 0.251 e. The van der Waals surface area contributed by atoms with Gasteiger partial charge in [-0.2, -0.15) is 0 Å². The Kier molecular flexibility index (Phi) is 5.88. The number of sulfone groups is 1. The van der Waals surface area contributed by atoms with Gasteiger partial charge in [0.15, 0.2) is 15.0 Å². The molecule has 0 aliphatic carbocycles. The number of fused-ring (bicyclic) bond motifs is 1. The molecule has 8 heteroatoms. The van der Waals surface area contributed by atoms with Crippen molar-refractivity contribution in [2.45, 2.75) is 31.1 Å². The van der Waals surface area contributed by atoms with Gasteiger partial charge in [-0.15, -0.1) is 0 Å². The van der Waals surface area contributed by atoms with Crippen LogP contribution in [-0.2, 0) is 9.84 Å². The van der Waals surface area contributed by atoms with E-state index in [9.17, 15) is 13.2 Å². The van der Waals surface area contributed by atoms with E-state index in [2.05, 4.69) is 34.7 Å². The predicted molar refractivity (Wildman–Crippen MR) is 123 cm³/mol. The number of nitrogens with zero attached hydrogens (tertiary/aromatic N) is 1. The molecule has 0 spiro atoms. The number of carbonyl (C=O) groups is 1. The standard InChI is InChI=1S/C22H25N3O3S2/c1-14-8-9-17(21(26)23-11-15(2)16-6-4-3-5-7-16)10-18(14)24-22-25-19-12-30(27,28)13-20(19)29-22/h3-10,15,19-20H,11-13H2,1-2H3,(H,23,26)(H,24,25)/t15-,19-,20+/m0/s1. The molecule has 0 radical (unpaired) electrons. The third-order valence-electron chi connectivity index (χ3n) is 5.50. The number of amides is 1. The molecule has 2 aromatic rings. The minimum absolute atomic E-state index is 0.0104. The number of amidine groups is 1. The molecule has 0 aromatic heterocycles. The zero-order valence-corrected chi connectivity index (χ0v) is 18.6. The lowest BCUT2D eigenvalue weighted by atomic mass is 10.0. The minimum Gasteiger partial charge on any atom is -0.351 e. The predicted octanol–water partition coefficient (Wildman–Crippen LogP) is 3.21. The first-order valence-corrected chi connectivity index (χ1v) is 12.7. The molecule has 30 heavy (non-hydrogen) atoms. The van der Waals surface area contributed by atoms with Crippen molar-refractivity contribution in [3.63, 3.8) is 0 Å². The van der Waals surface area contributed by atoms with Gasteiger partial charge in [0.25, 0.3) is 5.91 Å². The second-order valence-electron chi connectivity index (χ2n) is 7.91. The Balaban J connectivity index is 1.40. The first kappa shape index (κ1) is 20.9. The highest BCUT2D eigenvalue weighted by atomic mass is 32.2. The van der Waals surface area contributed by atoms with Gasteiger partial charge in [-0.25, -0.2) is 8.42 Å². The van der Waals surface area contributed by atoms with Crippen molar-refractivity contribution in [1.29, 1.82) is 0 Å². The number of thioether (sulfide) groups is 1. The Hall–Kier alpha value is -2.32. The SMILES string of the molecule is Cc1ccc(C(=O)NC[C@H](C)c2ccccc2)cc1NC1=N[C@H]2CS(=O)(=O)C[C@H]2S1. The summed E-state index contributed by atoms with van der Waals surface area (Å²) in [4.78, 5) is 17.2. The van der Waals surface area contributed by atoms with Crippen molar-refractivity contribution in [3.8, 4) is 0 Å². The van der Waals surface area contributed by atoms with E-state index in [1.165, 1.54) is 17.3 Å². The molecule has 2 aliphatic heterocycles. The Morgan fingerprint density at radius 1 is 1.20 bits per heavy atom. The number of hydrogen-bond donors (Lipinski definition) is 2. The topological polar surface area (TPSA) is 87.6 Å². The van der Waals surface area contributed by atoms with Gasteiger partial charge in [0.2, 0.25) is 0 Å². The summed E-state index contributed by atoms with van der Waals surface area (Å²) in [7, 11) is -2.97. The van der Waals surface area contributed by atoms with Gasteiger partial charge in [0.1, 0.15) is 0 Å². The molecule has 6 nitrogen and oxygen atoms in total. The third-order valence-corrected chi connectivity index (χ3v) is 8.64. The first-order chi connectivity index (χ1) is 14.3. The number of carbonyl (C=O) groups excluding carboxylic acids is 1. The number of hydrogen-bond acceptors (Lipinski definition) is 6.